The molecule has 6 radical (unpaired) electrons. The quantitative estimate of drug-likeness (QED) is 0.426. The molecule has 0 N–H and O–H groups in total. The van der Waals surface area contributed by atoms with Crippen LogP contribution in [0.1, 0.15) is 27.7 Å². The minimum atomic E-state index is -0.622. The van der Waals surface area contributed by atoms with Gasteiger partial charge in [0.25, 0.3) is 0 Å². The second-order valence-corrected chi connectivity index (χ2v) is 4.55. The summed E-state index contributed by atoms with van der Waals surface area (Å²) in [6.07, 6.45) is 0.184. The number of nitrogens with zero attached hydrogens (tertiary/aromatic N) is 6. The predicted molar refractivity (Wildman–Crippen MR) is 49.9 cm³/mol. The van der Waals surface area contributed by atoms with Crippen LogP contribution in [0.4, 0.5) is 0 Å². The van der Waals surface area contributed by atoms with Crippen molar-refractivity contribution in [2.75, 3.05) is 0 Å². The van der Waals surface area contributed by atoms with Crippen molar-refractivity contribution in [3.8, 4) is 0 Å². The van der Waals surface area contributed by atoms with Gasteiger partial charge in [0.1, 0.15) is 0 Å². The second-order valence-electron chi connectivity index (χ2n) is 4.55. The second kappa shape index (κ2) is 4.51. The van der Waals surface area contributed by atoms with Crippen molar-refractivity contribution in [3.63, 3.8) is 0 Å². The Morgan fingerprint density at radius 2 is 1.56 bits per heavy atom. The summed E-state index contributed by atoms with van der Waals surface area (Å²) in [6.45, 7) is 7.46. The van der Waals surface area contributed by atoms with Crippen LogP contribution < -0.4 is 51.5 Å². The molecule has 2 rings (SSSR count). The summed E-state index contributed by atoms with van der Waals surface area (Å²) < 4.78 is 0. The van der Waals surface area contributed by atoms with Gasteiger partial charge in [-0.2, -0.15) is 5.06 Å². The molecular weight excluding hydrogens is 219 g/mol. The smallest absolute Gasteiger partial charge is 0.258 e. The summed E-state index contributed by atoms with van der Waals surface area (Å²) in [6, 6.07) is 0. The molecule has 0 aromatic carbocycles. The molecule has 2 aliphatic rings. The summed E-state index contributed by atoms with van der Waals surface area (Å²) in [5.74, 6) is 0.204. The van der Waals surface area contributed by atoms with E-state index >= 15 is 0 Å². The van der Waals surface area contributed by atoms with Crippen LogP contribution in [0.3, 0.4) is 0 Å². The van der Waals surface area contributed by atoms with E-state index in [9.17, 15) is 5.21 Å². The van der Waals surface area contributed by atoms with E-state index in [-0.39, 0.29) is 41.6 Å². The van der Waals surface area contributed by atoms with Gasteiger partial charge < -0.3 is 0 Å². The van der Waals surface area contributed by atoms with Gasteiger partial charge in [-0.1, -0.05) is 16.1 Å². The fourth-order valence-electron chi connectivity index (χ4n) is 1.34. The third kappa shape index (κ3) is 2.02. The molecule has 0 aromatic rings. The number of hydroxylamine groups is 2. The molecule has 0 unspecified atom stereocenters. The van der Waals surface area contributed by atoms with Gasteiger partial charge in [-0.15, -0.1) is 0 Å². The molecule has 0 atom stereocenters. The number of aliphatic imine (C=N–C) groups is 1. The molecule has 0 amide bonds. The SMILES string of the molecule is CC1(C)N=C([C]2[N][N][N][N]2)N([O])C1(C)C.[Na+]. The molecule has 0 spiro atoms. The monoisotopic (exact) mass is 231 g/mol. The Balaban J connectivity index is 0.00000128. The third-order valence-corrected chi connectivity index (χ3v) is 3.10. The first-order valence-electron chi connectivity index (χ1n) is 4.62. The van der Waals surface area contributed by atoms with Gasteiger partial charge >= 0.3 is 29.6 Å². The topological polar surface area (TPSA) is 91.9 Å². The van der Waals surface area contributed by atoms with Crippen molar-refractivity contribution in [3.05, 3.63) is 6.17 Å². The number of hydrogen-bond donors (Lipinski definition) is 0. The molecular formula is C8H12N6NaO+. The first-order valence-corrected chi connectivity index (χ1v) is 4.62. The van der Waals surface area contributed by atoms with Crippen LogP contribution in [0.15, 0.2) is 4.99 Å². The van der Waals surface area contributed by atoms with Gasteiger partial charge in [0.15, 0.2) is 5.84 Å². The standard InChI is InChI=1S/C8H12N6O.Na/c1-7(2)8(3,4)14(15)6(9-7)5-10-12-13-11-5;/h1-4H3;/q;+1. The first kappa shape index (κ1) is 14.3. The Bertz CT molecular complexity index is 299. The fourth-order valence-corrected chi connectivity index (χ4v) is 1.34. The Morgan fingerprint density at radius 1 is 1.06 bits per heavy atom. The van der Waals surface area contributed by atoms with Gasteiger partial charge in [-0.3, -0.25) is 4.99 Å². The summed E-state index contributed by atoms with van der Waals surface area (Å²) in [4.78, 5) is 4.32. The number of hydrogen-bond acceptors (Lipinski definition) is 2. The first-order chi connectivity index (χ1) is 6.86. The molecule has 0 aliphatic carbocycles. The largest absolute Gasteiger partial charge is 1.00 e. The molecule has 80 valence electrons. The average Bonchev–Trinajstić information content (AvgIpc) is 2.69. The molecule has 2 aliphatic heterocycles. The van der Waals surface area contributed by atoms with Crippen LogP contribution in [0, 0.1) is 6.17 Å². The maximum Gasteiger partial charge on any atom is 1.00 e. The molecule has 0 aromatic heterocycles. The van der Waals surface area contributed by atoms with Crippen LogP contribution in [0.25, 0.3) is 0 Å². The predicted octanol–water partition coefficient (Wildman–Crippen LogP) is -3.73. The summed E-state index contributed by atoms with van der Waals surface area (Å²) >= 11 is 0. The maximum atomic E-state index is 12.0. The molecule has 8 heteroatoms. The Hall–Kier alpha value is 0.270. The van der Waals surface area contributed by atoms with Crippen molar-refractivity contribution in [1.82, 2.24) is 27.0 Å². The number of rotatable bonds is 1. The van der Waals surface area contributed by atoms with E-state index in [1.807, 2.05) is 27.7 Å². The Morgan fingerprint density at radius 3 is 1.94 bits per heavy atom. The summed E-state index contributed by atoms with van der Waals surface area (Å²) in [5.41, 5.74) is 12.8. The van der Waals surface area contributed by atoms with Crippen molar-refractivity contribution in [1.29, 1.82) is 0 Å². The van der Waals surface area contributed by atoms with Crippen LogP contribution in [0.2, 0.25) is 0 Å². The normalized spacial score (nSPS) is 27.8. The van der Waals surface area contributed by atoms with Crippen LogP contribution >= 0.6 is 0 Å². The van der Waals surface area contributed by atoms with E-state index in [1.54, 1.807) is 0 Å². The fraction of sp³-hybridized carbons (Fsp3) is 0.750. The molecule has 0 bridgehead atoms. The summed E-state index contributed by atoms with van der Waals surface area (Å²) in [7, 11) is 0. The van der Waals surface area contributed by atoms with Crippen LogP contribution in [-0.2, 0) is 5.21 Å². The Kier molecular flexibility index (Phi) is 4.04. The van der Waals surface area contributed by atoms with E-state index < -0.39 is 11.1 Å². The third-order valence-electron chi connectivity index (χ3n) is 3.10. The average molecular weight is 231 g/mol. The van der Waals surface area contributed by atoms with Crippen LogP contribution in [-0.4, -0.2) is 22.0 Å². The van der Waals surface area contributed by atoms with E-state index in [0.717, 1.165) is 5.06 Å². The molecule has 1 saturated heterocycles. The molecule has 16 heavy (non-hydrogen) atoms. The van der Waals surface area contributed by atoms with Gasteiger partial charge in [0, 0.05) is 0 Å². The van der Waals surface area contributed by atoms with E-state index in [1.165, 1.54) is 0 Å². The zero-order valence-electron chi connectivity index (χ0n) is 10.1. The van der Waals surface area contributed by atoms with Crippen LogP contribution in [0.5, 0.6) is 0 Å². The van der Waals surface area contributed by atoms with Gasteiger partial charge in [-0.05, 0) is 38.8 Å². The minimum absolute atomic E-state index is 0. The zero-order chi connectivity index (χ0) is 11.3. The van der Waals surface area contributed by atoms with Gasteiger partial charge in [0.2, 0.25) is 6.17 Å². The van der Waals surface area contributed by atoms with E-state index in [4.69, 9.17) is 0 Å². The summed E-state index contributed by atoms with van der Waals surface area (Å²) in [5, 5.41) is 12.8. The van der Waals surface area contributed by atoms with Crippen molar-refractivity contribution in [2.24, 2.45) is 4.99 Å². The molecule has 7 nitrogen and oxygen atoms in total. The maximum absolute atomic E-state index is 12.0. The van der Waals surface area contributed by atoms with E-state index in [0.29, 0.717) is 0 Å². The van der Waals surface area contributed by atoms with Gasteiger partial charge in [-0.25, -0.2) is 0 Å². The minimum Gasteiger partial charge on any atom is -0.258 e. The molecule has 1 fully saturated rings. The Labute approximate surface area is 117 Å². The van der Waals surface area contributed by atoms with Crippen molar-refractivity contribution >= 4 is 5.84 Å². The van der Waals surface area contributed by atoms with E-state index in [2.05, 4.69) is 26.9 Å². The van der Waals surface area contributed by atoms with Gasteiger partial charge in [0.05, 0.1) is 11.1 Å². The number of amidine groups is 1. The van der Waals surface area contributed by atoms with Crippen molar-refractivity contribution in [2.45, 2.75) is 38.8 Å². The zero-order valence-corrected chi connectivity index (χ0v) is 12.1. The molecule has 2 heterocycles. The van der Waals surface area contributed by atoms with Crippen molar-refractivity contribution < 1.29 is 34.8 Å². The molecule has 0 saturated carbocycles.